The quantitative estimate of drug-likeness (QED) is 0.516. The molecule has 0 aromatic heterocycles. The monoisotopic (exact) mass is 320 g/mol. The Morgan fingerprint density at radius 2 is 1.86 bits per heavy atom. The van der Waals surface area contributed by atoms with E-state index in [1.54, 1.807) is 25.1 Å². The number of carbonyl (C=O) groups is 1. The average molecular weight is 320 g/mol. The second-order valence-electron chi connectivity index (χ2n) is 4.48. The molecule has 7 heteroatoms. The summed E-state index contributed by atoms with van der Waals surface area (Å²) < 4.78 is 13.5. The number of benzene rings is 2. The maximum atomic E-state index is 13.5. The van der Waals surface area contributed by atoms with Crippen LogP contribution in [0.1, 0.15) is 6.92 Å². The molecule has 2 rings (SSSR count). The summed E-state index contributed by atoms with van der Waals surface area (Å²) in [5.74, 6) is -0.676. The lowest BCUT2D eigenvalue weighted by atomic mass is 10.3. The van der Waals surface area contributed by atoms with Crippen LogP contribution in [0.4, 0.5) is 15.8 Å². The Hall–Kier alpha value is -2.41. The summed E-state index contributed by atoms with van der Waals surface area (Å²) in [6.07, 6.45) is 0. The Bertz CT molecular complexity index is 691. The normalized spacial score (nSPS) is 11.7. The van der Waals surface area contributed by atoms with E-state index in [0.717, 1.165) is 11.8 Å². The van der Waals surface area contributed by atoms with Crippen molar-refractivity contribution in [1.29, 1.82) is 0 Å². The van der Waals surface area contributed by atoms with Crippen LogP contribution in [0.15, 0.2) is 53.4 Å². The van der Waals surface area contributed by atoms with Crippen molar-refractivity contribution in [3.8, 4) is 0 Å². The van der Waals surface area contributed by atoms with Crippen LogP contribution in [-0.2, 0) is 4.79 Å². The number of thioether (sulfide) groups is 1. The van der Waals surface area contributed by atoms with E-state index < -0.39 is 10.2 Å². The molecule has 0 aliphatic heterocycles. The third-order valence-electron chi connectivity index (χ3n) is 2.86. The van der Waals surface area contributed by atoms with Crippen LogP contribution in [0.5, 0.6) is 0 Å². The molecule has 0 aliphatic rings. The maximum absolute atomic E-state index is 13.5. The van der Waals surface area contributed by atoms with Gasteiger partial charge in [-0.2, -0.15) is 0 Å². The number of nitro groups is 1. The topological polar surface area (TPSA) is 72.2 Å². The molecule has 22 heavy (non-hydrogen) atoms. The zero-order valence-electron chi connectivity index (χ0n) is 11.7. The SMILES string of the molecule is CC(Sc1ccccc1F)C(=O)Nc1ccc([N+](=O)[O-])cc1. The Labute approximate surface area is 130 Å². The number of rotatable bonds is 5. The van der Waals surface area contributed by atoms with Gasteiger partial charge in [0.2, 0.25) is 5.91 Å². The number of halogens is 1. The molecule has 0 aliphatic carbocycles. The number of nitrogens with zero attached hydrogens (tertiary/aromatic N) is 1. The first-order valence-electron chi connectivity index (χ1n) is 6.44. The molecule has 0 spiro atoms. The number of hydrogen-bond donors (Lipinski definition) is 1. The second-order valence-corrected chi connectivity index (χ2v) is 5.87. The minimum Gasteiger partial charge on any atom is -0.325 e. The summed E-state index contributed by atoms with van der Waals surface area (Å²) >= 11 is 1.11. The minimum atomic E-state index is -0.512. The second kappa shape index (κ2) is 7.04. The van der Waals surface area contributed by atoms with Crippen LogP contribution in [0.25, 0.3) is 0 Å². The fourth-order valence-corrected chi connectivity index (χ4v) is 2.58. The van der Waals surface area contributed by atoms with Gasteiger partial charge in [-0.25, -0.2) is 4.39 Å². The molecule has 0 radical (unpaired) electrons. The van der Waals surface area contributed by atoms with Crippen molar-refractivity contribution >= 4 is 29.0 Å². The van der Waals surface area contributed by atoms with Gasteiger partial charge in [-0.05, 0) is 31.2 Å². The molecule has 1 amide bonds. The minimum absolute atomic E-state index is 0.0493. The number of anilines is 1. The fraction of sp³-hybridized carbons (Fsp3) is 0.133. The fourth-order valence-electron chi connectivity index (χ4n) is 1.69. The predicted octanol–water partition coefficient (Wildman–Crippen LogP) is 3.85. The van der Waals surface area contributed by atoms with Gasteiger partial charge in [-0.3, -0.25) is 14.9 Å². The Balaban J connectivity index is 1.99. The standard InChI is InChI=1S/C15H13FN2O3S/c1-10(22-14-5-3-2-4-13(14)16)15(19)17-11-6-8-12(9-7-11)18(20)21/h2-10H,1H3,(H,17,19). The molecular formula is C15H13FN2O3S. The summed E-state index contributed by atoms with van der Waals surface area (Å²) in [5.41, 5.74) is 0.406. The zero-order chi connectivity index (χ0) is 16.1. The molecule has 114 valence electrons. The number of nitro benzene ring substituents is 1. The van der Waals surface area contributed by atoms with Crippen molar-refractivity contribution in [3.05, 3.63) is 64.5 Å². The molecule has 2 aromatic carbocycles. The molecule has 0 saturated heterocycles. The lowest BCUT2D eigenvalue weighted by Gasteiger charge is -2.12. The van der Waals surface area contributed by atoms with Crippen LogP contribution in [0, 0.1) is 15.9 Å². The van der Waals surface area contributed by atoms with Gasteiger partial charge in [0, 0.05) is 22.7 Å². The number of hydrogen-bond acceptors (Lipinski definition) is 4. The van der Waals surface area contributed by atoms with Crippen molar-refractivity contribution in [1.82, 2.24) is 0 Å². The number of amides is 1. The smallest absolute Gasteiger partial charge is 0.269 e. The van der Waals surface area contributed by atoms with E-state index in [1.165, 1.54) is 30.3 Å². The van der Waals surface area contributed by atoms with E-state index in [9.17, 15) is 19.3 Å². The highest BCUT2D eigenvalue weighted by Crippen LogP contribution is 2.26. The molecule has 1 N–H and O–H groups in total. The zero-order valence-corrected chi connectivity index (χ0v) is 12.5. The lowest BCUT2D eigenvalue weighted by Crippen LogP contribution is -2.22. The van der Waals surface area contributed by atoms with Crippen molar-refractivity contribution in [3.63, 3.8) is 0 Å². The van der Waals surface area contributed by atoms with Gasteiger partial charge in [0.05, 0.1) is 10.2 Å². The van der Waals surface area contributed by atoms with E-state index >= 15 is 0 Å². The predicted molar refractivity (Wildman–Crippen MR) is 83.4 cm³/mol. The van der Waals surface area contributed by atoms with E-state index in [2.05, 4.69) is 5.32 Å². The van der Waals surface area contributed by atoms with Gasteiger partial charge in [0.15, 0.2) is 0 Å². The molecule has 0 heterocycles. The van der Waals surface area contributed by atoms with Crippen LogP contribution >= 0.6 is 11.8 Å². The molecule has 2 aromatic rings. The highest BCUT2D eigenvalue weighted by molar-refractivity contribution is 8.00. The van der Waals surface area contributed by atoms with Gasteiger partial charge in [-0.15, -0.1) is 11.8 Å². The third kappa shape index (κ3) is 4.05. The average Bonchev–Trinajstić information content (AvgIpc) is 2.50. The number of non-ortho nitro benzene ring substituents is 1. The lowest BCUT2D eigenvalue weighted by molar-refractivity contribution is -0.384. The summed E-state index contributed by atoms with van der Waals surface area (Å²) in [7, 11) is 0. The third-order valence-corrected chi connectivity index (χ3v) is 4.01. The van der Waals surface area contributed by atoms with Crippen LogP contribution in [0.3, 0.4) is 0 Å². The number of nitrogens with one attached hydrogen (secondary N) is 1. The summed E-state index contributed by atoms with van der Waals surface area (Å²) in [5, 5.41) is 12.7. The molecule has 0 fully saturated rings. The molecule has 5 nitrogen and oxygen atoms in total. The van der Waals surface area contributed by atoms with Crippen LogP contribution < -0.4 is 5.32 Å². The Morgan fingerprint density at radius 3 is 2.45 bits per heavy atom. The van der Waals surface area contributed by atoms with Crippen LogP contribution in [-0.4, -0.2) is 16.1 Å². The molecule has 0 bridgehead atoms. The van der Waals surface area contributed by atoms with E-state index in [-0.39, 0.29) is 17.4 Å². The van der Waals surface area contributed by atoms with E-state index in [0.29, 0.717) is 10.6 Å². The first-order chi connectivity index (χ1) is 10.5. The first kappa shape index (κ1) is 16.0. The molecular weight excluding hydrogens is 307 g/mol. The van der Waals surface area contributed by atoms with Crippen molar-refractivity contribution in [2.45, 2.75) is 17.1 Å². The Kier molecular flexibility index (Phi) is 5.11. The van der Waals surface area contributed by atoms with E-state index in [4.69, 9.17) is 0 Å². The maximum Gasteiger partial charge on any atom is 0.269 e. The van der Waals surface area contributed by atoms with E-state index in [1.807, 2.05) is 0 Å². The summed E-state index contributed by atoms with van der Waals surface area (Å²) in [6, 6.07) is 11.8. The van der Waals surface area contributed by atoms with Gasteiger partial charge >= 0.3 is 0 Å². The van der Waals surface area contributed by atoms with Gasteiger partial charge in [0.1, 0.15) is 5.82 Å². The Morgan fingerprint density at radius 1 is 1.23 bits per heavy atom. The van der Waals surface area contributed by atoms with Gasteiger partial charge in [0.25, 0.3) is 5.69 Å². The van der Waals surface area contributed by atoms with Crippen LogP contribution in [0.2, 0.25) is 0 Å². The largest absolute Gasteiger partial charge is 0.325 e. The highest BCUT2D eigenvalue weighted by atomic mass is 32.2. The van der Waals surface area contributed by atoms with Crippen molar-refractivity contribution < 1.29 is 14.1 Å². The number of carbonyl (C=O) groups excluding carboxylic acids is 1. The molecule has 1 unspecified atom stereocenters. The molecule has 0 saturated carbocycles. The highest BCUT2D eigenvalue weighted by Gasteiger charge is 2.16. The first-order valence-corrected chi connectivity index (χ1v) is 7.32. The van der Waals surface area contributed by atoms with Crippen molar-refractivity contribution in [2.75, 3.05) is 5.32 Å². The summed E-state index contributed by atoms with van der Waals surface area (Å²) in [6.45, 7) is 1.66. The summed E-state index contributed by atoms with van der Waals surface area (Å²) in [4.78, 5) is 22.5. The van der Waals surface area contributed by atoms with Gasteiger partial charge in [-0.1, -0.05) is 12.1 Å². The van der Waals surface area contributed by atoms with Gasteiger partial charge < -0.3 is 5.32 Å². The van der Waals surface area contributed by atoms with Crippen molar-refractivity contribution in [2.24, 2.45) is 0 Å². The molecule has 1 atom stereocenters.